The summed E-state index contributed by atoms with van der Waals surface area (Å²) < 4.78 is 0. The maximum Gasteiger partial charge on any atom is 0.254 e. The highest BCUT2D eigenvalue weighted by Crippen LogP contribution is 2.28. The van der Waals surface area contributed by atoms with Crippen LogP contribution in [-0.4, -0.2) is 33.6 Å². The molecule has 5 heteroatoms. The fourth-order valence-corrected chi connectivity index (χ4v) is 2.24. The third kappa shape index (κ3) is 2.29. The highest BCUT2D eigenvalue weighted by Gasteiger charge is 2.32. The lowest BCUT2D eigenvalue weighted by molar-refractivity contribution is 0.0747. The maximum absolute atomic E-state index is 12.5. The number of fused-ring (bicyclic) bond motifs is 1. The Bertz CT molecular complexity index is 651. The smallest absolute Gasteiger partial charge is 0.254 e. The topological polar surface area (TPSA) is 72.8 Å². The molecule has 2 aromatic rings. The molecule has 1 N–H and O–H groups in total. The SMILES string of the molecule is N#CCCN(C(=O)c1ccc2cn[nH]c2c1)C1CC1. The van der Waals surface area contributed by atoms with Gasteiger partial charge in [-0.05, 0) is 25.0 Å². The fraction of sp³-hybridized carbons (Fsp3) is 0.357. The second-order valence-electron chi connectivity index (χ2n) is 4.81. The van der Waals surface area contributed by atoms with Crippen LogP contribution in [0.1, 0.15) is 29.6 Å². The zero-order valence-corrected chi connectivity index (χ0v) is 10.5. The van der Waals surface area contributed by atoms with E-state index in [1.54, 1.807) is 6.20 Å². The predicted octanol–water partition coefficient (Wildman–Crippen LogP) is 2.08. The first kappa shape index (κ1) is 11.7. The molecule has 0 bridgehead atoms. The zero-order chi connectivity index (χ0) is 13.2. The summed E-state index contributed by atoms with van der Waals surface area (Å²) in [6.07, 6.45) is 4.21. The number of aromatic nitrogens is 2. The Morgan fingerprint density at radius 2 is 2.37 bits per heavy atom. The summed E-state index contributed by atoms with van der Waals surface area (Å²) in [6, 6.07) is 7.96. The Labute approximate surface area is 110 Å². The Balaban J connectivity index is 1.86. The van der Waals surface area contributed by atoms with E-state index in [1.807, 2.05) is 23.1 Å². The molecule has 5 nitrogen and oxygen atoms in total. The molecule has 1 aromatic heterocycles. The fourth-order valence-electron chi connectivity index (χ4n) is 2.24. The van der Waals surface area contributed by atoms with E-state index in [2.05, 4.69) is 16.3 Å². The molecule has 1 amide bonds. The number of hydrogen-bond acceptors (Lipinski definition) is 3. The van der Waals surface area contributed by atoms with E-state index in [1.165, 1.54) is 0 Å². The molecule has 0 radical (unpaired) electrons. The first-order valence-electron chi connectivity index (χ1n) is 6.40. The number of carbonyl (C=O) groups is 1. The Morgan fingerprint density at radius 3 is 3.11 bits per heavy atom. The molecule has 1 aliphatic rings. The molecular weight excluding hydrogens is 240 g/mol. The van der Waals surface area contributed by atoms with Gasteiger partial charge in [0.15, 0.2) is 0 Å². The summed E-state index contributed by atoms with van der Waals surface area (Å²) in [7, 11) is 0. The molecule has 3 rings (SSSR count). The molecule has 19 heavy (non-hydrogen) atoms. The molecule has 0 unspecified atom stereocenters. The monoisotopic (exact) mass is 254 g/mol. The number of nitrogens with one attached hydrogen (secondary N) is 1. The van der Waals surface area contributed by atoms with E-state index < -0.39 is 0 Å². The summed E-state index contributed by atoms with van der Waals surface area (Å²) in [5.41, 5.74) is 1.52. The van der Waals surface area contributed by atoms with Crippen LogP contribution >= 0.6 is 0 Å². The molecular formula is C14H14N4O. The molecule has 1 aromatic carbocycles. The minimum atomic E-state index is 0.00856. The zero-order valence-electron chi connectivity index (χ0n) is 10.5. The van der Waals surface area contributed by atoms with Crippen molar-refractivity contribution in [1.82, 2.24) is 15.1 Å². The lowest BCUT2D eigenvalue weighted by Gasteiger charge is -2.21. The van der Waals surface area contributed by atoms with E-state index in [9.17, 15) is 4.79 Å². The number of amides is 1. The molecule has 1 saturated carbocycles. The van der Waals surface area contributed by atoms with E-state index in [0.29, 0.717) is 24.6 Å². The van der Waals surface area contributed by atoms with E-state index >= 15 is 0 Å². The van der Waals surface area contributed by atoms with Gasteiger partial charge in [0.1, 0.15) is 0 Å². The van der Waals surface area contributed by atoms with Gasteiger partial charge in [-0.3, -0.25) is 9.89 Å². The molecule has 0 spiro atoms. The van der Waals surface area contributed by atoms with Gasteiger partial charge in [0.2, 0.25) is 0 Å². The molecule has 1 fully saturated rings. The Morgan fingerprint density at radius 1 is 1.53 bits per heavy atom. The highest BCUT2D eigenvalue weighted by molar-refractivity contribution is 5.98. The molecule has 0 aliphatic heterocycles. The lowest BCUT2D eigenvalue weighted by Crippen LogP contribution is -2.33. The minimum Gasteiger partial charge on any atom is -0.335 e. The minimum absolute atomic E-state index is 0.00856. The molecule has 0 saturated heterocycles. The summed E-state index contributed by atoms with van der Waals surface area (Å²) in [4.78, 5) is 14.3. The average Bonchev–Trinajstić information content (AvgIpc) is 3.15. The number of carbonyl (C=O) groups excluding carboxylic acids is 1. The van der Waals surface area contributed by atoms with Crippen LogP contribution in [0, 0.1) is 11.3 Å². The van der Waals surface area contributed by atoms with Crippen LogP contribution in [0.5, 0.6) is 0 Å². The van der Waals surface area contributed by atoms with Crippen molar-refractivity contribution in [3.8, 4) is 6.07 Å². The van der Waals surface area contributed by atoms with Crippen molar-refractivity contribution < 1.29 is 4.79 Å². The summed E-state index contributed by atoms with van der Waals surface area (Å²) >= 11 is 0. The number of rotatable bonds is 4. The second kappa shape index (κ2) is 4.73. The number of hydrogen-bond donors (Lipinski definition) is 1. The largest absolute Gasteiger partial charge is 0.335 e. The van der Waals surface area contributed by atoms with Crippen LogP contribution in [0.25, 0.3) is 10.9 Å². The van der Waals surface area contributed by atoms with Crippen molar-refractivity contribution in [3.63, 3.8) is 0 Å². The van der Waals surface area contributed by atoms with Gasteiger partial charge in [-0.25, -0.2) is 0 Å². The van der Waals surface area contributed by atoms with Crippen LogP contribution < -0.4 is 0 Å². The van der Waals surface area contributed by atoms with Crippen molar-refractivity contribution in [2.24, 2.45) is 0 Å². The number of benzene rings is 1. The lowest BCUT2D eigenvalue weighted by atomic mass is 10.1. The Hall–Kier alpha value is -2.35. The van der Waals surface area contributed by atoms with Gasteiger partial charge in [0, 0.05) is 23.5 Å². The predicted molar refractivity (Wildman–Crippen MR) is 70.4 cm³/mol. The van der Waals surface area contributed by atoms with Crippen molar-refractivity contribution in [2.75, 3.05) is 6.54 Å². The van der Waals surface area contributed by atoms with Crippen LogP contribution in [0.2, 0.25) is 0 Å². The summed E-state index contributed by atoms with van der Waals surface area (Å²) in [6.45, 7) is 0.515. The Kier molecular flexibility index (Phi) is 2.92. The van der Waals surface area contributed by atoms with Crippen LogP contribution in [-0.2, 0) is 0 Å². The third-order valence-electron chi connectivity index (χ3n) is 3.40. The van der Waals surface area contributed by atoms with Gasteiger partial charge in [0.05, 0.1) is 24.2 Å². The number of nitrogens with zero attached hydrogens (tertiary/aromatic N) is 3. The van der Waals surface area contributed by atoms with Gasteiger partial charge >= 0.3 is 0 Å². The number of aromatic amines is 1. The summed E-state index contributed by atoms with van der Waals surface area (Å²) in [5, 5.41) is 16.5. The van der Waals surface area contributed by atoms with Gasteiger partial charge in [-0.15, -0.1) is 0 Å². The average molecular weight is 254 g/mol. The first-order chi connectivity index (χ1) is 9.29. The van der Waals surface area contributed by atoms with Crippen LogP contribution in [0.3, 0.4) is 0 Å². The standard InChI is InChI=1S/C14H14N4O/c15-6-1-7-18(12-4-5-12)14(19)10-2-3-11-9-16-17-13(11)8-10/h2-3,8-9,12H,1,4-5,7H2,(H,16,17). The number of H-pyrrole nitrogens is 1. The van der Waals surface area contributed by atoms with E-state index in [0.717, 1.165) is 23.7 Å². The van der Waals surface area contributed by atoms with E-state index in [4.69, 9.17) is 5.26 Å². The first-order valence-corrected chi connectivity index (χ1v) is 6.40. The van der Waals surface area contributed by atoms with Crippen molar-refractivity contribution in [3.05, 3.63) is 30.0 Å². The molecule has 1 heterocycles. The van der Waals surface area contributed by atoms with Gasteiger partial charge < -0.3 is 4.90 Å². The van der Waals surface area contributed by atoms with Crippen molar-refractivity contribution in [2.45, 2.75) is 25.3 Å². The van der Waals surface area contributed by atoms with Gasteiger partial charge in [0.25, 0.3) is 5.91 Å². The molecule has 1 aliphatic carbocycles. The normalized spacial score (nSPS) is 14.3. The van der Waals surface area contributed by atoms with Crippen LogP contribution in [0.4, 0.5) is 0 Å². The van der Waals surface area contributed by atoms with Gasteiger partial charge in [-0.2, -0.15) is 10.4 Å². The van der Waals surface area contributed by atoms with Gasteiger partial charge in [-0.1, -0.05) is 6.07 Å². The van der Waals surface area contributed by atoms with E-state index in [-0.39, 0.29) is 5.91 Å². The highest BCUT2D eigenvalue weighted by atomic mass is 16.2. The van der Waals surface area contributed by atoms with Crippen LogP contribution in [0.15, 0.2) is 24.4 Å². The molecule has 96 valence electrons. The van der Waals surface area contributed by atoms with Crippen molar-refractivity contribution >= 4 is 16.8 Å². The summed E-state index contributed by atoms with van der Waals surface area (Å²) in [5.74, 6) is 0.00856. The number of nitriles is 1. The molecule has 0 atom stereocenters. The quantitative estimate of drug-likeness (QED) is 0.907. The third-order valence-corrected chi connectivity index (χ3v) is 3.40. The maximum atomic E-state index is 12.5. The van der Waals surface area contributed by atoms with Crippen molar-refractivity contribution in [1.29, 1.82) is 5.26 Å². The second-order valence-corrected chi connectivity index (χ2v) is 4.81.